The summed E-state index contributed by atoms with van der Waals surface area (Å²) in [7, 11) is -3.52. The van der Waals surface area contributed by atoms with E-state index in [9.17, 15) is 13.2 Å². The smallest absolute Gasteiger partial charge is 0.282 e. The molecule has 0 N–H and O–H groups in total. The van der Waals surface area contributed by atoms with Crippen LogP contribution in [-0.2, 0) is 24.5 Å². The number of unbranched alkanes of at least 4 members (excludes halogenated alkanes) is 1. The van der Waals surface area contributed by atoms with E-state index in [1.54, 1.807) is 11.8 Å². The first-order valence-electron chi connectivity index (χ1n) is 9.56. The van der Waals surface area contributed by atoms with Crippen LogP contribution in [0.5, 0.6) is 0 Å². The standard InChI is InChI=1S/C17H33N3O5S/c1-5-6-11-24-16(4)17(21)18-7-9-19(10-8-18)26(22,23)20-12-14(2)25-15(3)13-20/h14-16H,5-13H2,1-4H3. The Kier molecular flexibility index (Phi) is 7.84. The van der Waals surface area contributed by atoms with Gasteiger partial charge in [0.05, 0.1) is 12.2 Å². The average molecular weight is 392 g/mol. The molecule has 0 bridgehead atoms. The van der Waals surface area contributed by atoms with Crippen molar-refractivity contribution in [1.29, 1.82) is 0 Å². The summed E-state index contributed by atoms with van der Waals surface area (Å²) in [5, 5.41) is 0. The Hall–Kier alpha value is -0.740. The molecule has 1 amide bonds. The molecular weight excluding hydrogens is 358 g/mol. The molecule has 0 aromatic rings. The number of carbonyl (C=O) groups is 1. The van der Waals surface area contributed by atoms with Crippen LogP contribution < -0.4 is 0 Å². The maximum atomic E-state index is 12.9. The molecular formula is C17H33N3O5S. The van der Waals surface area contributed by atoms with E-state index in [2.05, 4.69) is 6.92 Å². The number of carbonyl (C=O) groups excluding carboxylic acids is 1. The molecule has 0 radical (unpaired) electrons. The van der Waals surface area contributed by atoms with Crippen molar-refractivity contribution in [2.45, 2.75) is 58.8 Å². The number of rotatable bonds is 7. The molecule has 2 heterocycles. The minimum absolute atomic E-state index is 0.0632. The number of amides is 1. The maximum Gasteiger partial charge on any atom is 0.282 e. The SMILES string of the molecule is CCCCOC(C)C(=O)N1CCN(S(=O)(=O)N2CC(C)OC(C)C2)CC1. The third-order valence-corrected chi connectivity index (χ3v) is 6.77. The minimum Gasteiger partial charge on any atom is -0.373 e. The molecule has 2 aliphatic heterocycles. The quantitative estimate of drug-likeness (QED) is 0.597. The summed E-state index contributed by atoms with van der Waals surface area (Å²) in [5.41, 5.74) is 0. The van der Waals surface area contributed by atoms with Crippen LogP contribution in [0.15, 0.2) is 0 Å². The van der Waals surface area contributed by atoms with Crippen molar-refractivity contribution in [1.82, 2.24) is 13.5 Å². The Morgan fingerprint density at radius 2 is 1.69 bits per heavy atom. The second-order valence-electron chi connectivity index (χ2n) is 7.17. The van der Waals surface area contributed by atoms with Crippen LogP contribution in [0.25, 0.3) is 0 Å². The van der Waals surface area contributed by atoms with Crippen molar-refractivity contribution in [2.75, 3.05) is 45.9 Å². The van der Waals surface area contributed by atoms with Gasteiger partial charge in [-0.3, -0.25) is 4.79 Å². The van der Waals surface area contributed by atoms with Crippen LogP contribution in [-0.4, -0.2) is 92.0 Å². The number of piperazine rings is 1. The molecule has 0 saturated carbocycles. The molecule has 0 aliphatic carbocycles. The summed E-state index contributed by atoms with van der Waals surface area (Å²) >= 11 is 0. The van der Waals surface area contributed by atoms with E-state index < -0.39 is 16.3 Å². The van der Waals surface area contributed by atoms with Crippen molar-refractivity contribution >= 4 is 16.1 Å². The zero-order valence-corrected chi connectivity index (χ0v) is 17.2. The van der Waals surface area contributed by atoms with Gasteiger partial charge in [-0.25, -0.2) is 0 Å². The summed E-state index contributed by atoms with van der Waals surface area (Å²) in [6, 6.07) is 0. The van der Waals surface area contributed by atoms with E-state index in [4.69, 9.17) is 9.47 Å². The Bertz CT molecular complexity index is 553. The summed E-state index contributed by atoms with van der Waals surface area (Å²) in [6.07, 6.45) is 1.25. The number of hydrogen-bond donors (Lipinski definition) is 0. The van der Waals surface area contributed by atoms with E-state index >= 15 is 0 Å². The third-order valence-electron chi connectivity index (χ3n) is 4.80. The summed E-state index contributed by atoms with van der Waals surface area (Å²) < 4.78 is 39.9. The summed E-state index contributed by atoms with van der Waals surface area (Å²) in [4.78, 5) is 14.1. The second-order valence-corrected chi connectivity index (χ2v) is 9.10. The van der Waals surface area contributed by atoms with Crippen LogP contribution >= 0.6 is 0 Å². The zero-order chi connectivity index (χ0) is 19.3. The first-order chi connectivity index (χ1) is 12.3. The van der Waals surface area contributed by atoms with Crippen LogP contribution in [0, 0.1) is 0 Å². The van der Waals surface area contributed by atoms with Crippen molar-refractivity contribution in [2.24, 2.45) is 0 Å². The van der Waals surface area contributed by atoms with Gasteiger partial charge in [-0.2, -0.15) is 17.0 Å². The Balaban J connectivity index is 1.88. The number of ether oxygens (including phenoxy) is 2. The van der Waals surface area contributed by atoms with Gasteiger partial charge in [-0.05, 0) is 27.2 Å². The number of morpholine rings is 1. The zero-order valence-electron chi connectivity index (χ0n) is 16.4. The molecule has 26 heavy (non-hydrogen) atoms. The lowest BCUT2D eigenvalue weighted by molar-refractivity contribution is -0.143. The van der Waals surface area contributed by atoms with E-state index in [1.807, 2.05) is 13.8 Å². The summed E-state index contributed by atoms with van der Waals surface area (Å²) in [6.45, 7) is 10.3. The predicted molar refractivity (Wildman–Crippen MR) is 99.0 cm³/mol. The predicted octanol–water partition coefficient (Wildman–Crippen LogP) is 0.690. The fourth-order valence-corrected chi connectivity index (χ4v) is 5.10. The minimum atomic E-state index is -3.52. The van der Waals surface area contributed by atoms with Gasteiger partial charge in [-0.1, -0.05) is 13.3 Å². The molecule has 2 rings (SSSR count). The monoisotopic (exact) mass is 391 g/mol. The van der Waals surface area contributed by atoms with Gasteiger partial charge >= 0.3 is 0 Å². The van der Waals surface area contributed by atoms with Gasteiger partial charge in [-0.15, -0.1) is 0 Å². The highest BCUT2D eigenvalue weighted by Gasteiger charge is 2.37. The van der Waals surface area contributed by atoms with E-state index in [0.29, 0.717) is 45.9 Å². The van der Waals surface area contributed by atoms with Crippen molar-refractivity contribution < 1.29 is 22.7 Å². The largest absolute Gasteiger partial charge is 0.373 e. The fourth-order valence-electron chi connectivity index (χ4n) is 3.35. The van der Waals surface area contributed by atoms with Crippen LogP contribution in [0.1, 0.15) is 40.5 Å². The molecule has 152 valence electrons. The molecule has 8 nitrogen and oxygen atoms in total. The van der Waals surface area contributed by atoms with Gasteiger partial charge in [0, 0.05) is 45.9 Å². The van der Waals surface area contributed by atoms with Gasteiger partial charge in [0.25, 0.3) is 16.1 Å². The van der Waals surface area contributed by atoms with E-state index in [1.165, 1.54) is 8.61 Å². The van der Waals surface area contributed by atoms with Crippen molar-refractivity contribution in [3.63, 3.8) is 0 Å². The highest BCUT2D eigenvalue weighted by molar-refractivity contribution is 7.86. The molecule has 3 unspecified atom stereocenters. The van der Waals surface area contributed by atoms with Crippen LogP contribution in [0.2, 0.25) is 0 Å². The lowest BCUT2D eigenvalue weighted by atomic mass is 10.3. The molecule has 0 aromatic carbocycles. The van der Waals surface area contributed by atoms with E-state index in [-0.39, 0.29) is 18.1 Å². The third kappa shape index (κ3) is 5.39. The normalized spacial score (nSPS) is 27.5. The topological polar surface area (TPSA) is 79.4 Å². The first-order valence-corrected chi connectivity index (χ1v) is 11.0. The molecule has 9 heteroatoms. The highest BCUT2D eigenvalue weighted by Crippen LogP contribution is 2.19. The Labute approximate surface area is 157 Å². The first kappa shape index (κ1) is 21.6. The second kappa shape index (κ2) is 9.45. The van der Waals surface area contributed by atoms with Gasteiger partial charge < -0.3 is 14.4 Å². The van der Waals surface area contributed by atoms with Crippen LogP contribution in [0.3, 0.4) is 0 Å². The van der Waals surface area contributed by atoms with Crippen molar-refractivity contribution in [3.05, 3.63) is 0 Å². The Morgan fingerprint density at radius 1 is 1.12 bits per heavy atom. The highest BCUT2D eigenvalue weighted by atomic mass is 32.2. The lowest BCUT2D eigenvalue weighted by Gasteiger charge is -2.40. The maximum absolute atomic E-state index is 12.9. The van der Waals surface area contributed by atoms with Gasteiger partial charge in [0.15, 0.2) is 0 Å². The molecule has 0 aromatic heterocycles. The van der Waals surface area contributed by atoms with Gasteiger partial charge in [0.2, 0.25) is 0 Å². The number of hydrogen-bond acceptors (Lipinski definition) is 5. The summed E-state index contributed by atoms with van der Waals surface area (Å²) in [5.74, 6) is -0.0632. The molecule has 2 fully saturated rings. The Morgan fingerprint density at radius 3 is 2.23 bits per heavy atom. The fraction of sp³-hybridized carbons (Fsp3) is 0.941. The lowest BCUT2D eigenvalue weighted by Crippen LogP contribution is -2.58. The van der Waals surface area contributed by atoms with Crippen LogP contribution in [0.4, 0.5) is 0 Å². The number of nitrogens with zero attached hydrogens (tertiary/aromatic N) is 3. The molecule has 2 saturated heterocycles. The van der Waals surface area contributed by atoms with E-state index in [0.717, 1.165) is 12.8 Å². The van der Waals surface area contributed by atoms with Gasteiger partial charge in [0.1, 0.15) is 6.10 Å². The average Bonchev–Trinajstić information content (AvgIpc) is 2.60. The molecule has 3 atom stereocenters. The molecule has 2 aliphatic rings. The van der Waals surface area contributed by atoms with Crippen molar-refractivity contribution in [3.8, 4) is 0 Å². The molecule has 0 spiro atoms.